The average molecular weight is 313 g/mol. The van der Waals surface area contributed by atoms with Crippen LogP contribution in [0, 0.1) is 0 Å². The first kappa shape index (κ1) is 14.8. The molecule has 0 bridgehead atoms. The zero-order valence-corrected chi connectivity index (χ0v) is 12.4. The number of hydrogen-bond donors (Lipinski definition) is 2. The molecule has 0 saturated carbocycles. The summed E-state index contributed by atoms with van der Waals surface area (Å²) in [4.78, 5) is 8.44. The molecule has 2 aromatic rings. The van der Waals surface area contributed by atoms with Gasteiger partial charge in [-0.3, -0.25) is 0 Å². The molecule has 1 aromatic carbocycles. The van der Waals surface area contributed by atoms with Gasteiger partial charge in [-0.2, -0.15) is 4.98 Å². The molecule has 0 radical (unpaired) electrons. The molecule has 0 spiro atoms. The lowest BCUT2D eigenvalue weighted by Gasteiger charge is -2.09. The average Bonchev–Trinajstić information content (AvgIpc) is 2.44. The van der Waals surface area contributed by atoms with Crippen molar-refractivity contribution in [3.8, 4) is 0 Å². The second-order valence-electron chi connectivity index (χ2n) is 3.93. The van der Waals surface area contributed by atoms with Gasteiger partial charge in [-0.1, -0.05) is 23.2 Å². The van der Waals surface area contributed by atoms with Crippen molar-refractivity contribution in [3.63, 3.8) is 0 Å². The molecule has 1 aromatic heterocycles. The Morgan fingerprint density at radius 1 is 1.25 bits per heavy atom. The maximum Gasteiger partial charge on any atom is 0.224 e. The summed E-state index contributed by atoms with van der Waals surface area (Å²) in [6.07, 6.45) is 1.66. The number of hydrogen-bond acceptors (Lipinski definition) is 5. The molecule has 0 amide bonds. The van der Waals surface area contributed by atoms with Gasteiger partial charge in [0, 0.05) is 24.9 Å². The van der Waals surface area contributed by atoms with Crippen molar-refractivity contribution in [1.29, 1.82) is 0 Å². The van der Waals surface area contributed by atoms with E-state index in [1.54, 1.807) is 37.6 Å². The summed E-state index contributed by atoms with van der Waals surface area (Å²) in [6, 6.07) is 6.95. The fourth-order valence-corrected chi connectivity index (χ4v) is 1.85. The first-order valence-electron chi connectivity index (χ1n) is 5.97. The van der Waals surface area contributed by atoms with Crippen molar-refractivity contribution in [2.75, 3.05) is 30.9 Å². The van der Waals surface area contributed by atoms with Crippen molar-refractivity contribution in [1.82, 2.24) is 9.97 Å². The van der Waals surface area contributed by atoms with Gasteiger partial charge in [0.15, 0.2) is 0 Å². The zero-order valence-electron chi connectivity index (χ0n) is 10.9. The van der Waals surface area contributed by atoms with Crippen molar-refractivity contribution < 1.29 is 4.74 Å². The molecule has 0 aliphatic heterocycles. The van der Waals surface area contributed by atoms with Crippen molar-refractivity contribution in [2.24, 2.45) is 0 Å². The highest BCUT2D eigenvalue weighted by molar-refractivity contribution is 6.35. The number of benzene rings is 1. The van der Waals surface area contributed by atoms with E-state index in [9.17, 15) is 0 Å². The molecule has 0 saturated heterocycles. The fourth-order valence-electron chi connectivity index (χ4n) is 1.51. The van der Waals surface area contributed by atoms with Crippen LogP contribution in [-0.2, 0) is 4.74 Å². The number of methoxy groups -OCH3 is 1. The number of nitrogens with zero attached hydrogens (tertiary/aromatic N) is 2. The minimum Gasteiger partial charge on any atom is -0.383 e. The van der Waals surface area contributed by atoms with E-state index in [2.05, 4.69) is 20.6 Å². The Bertz CT molecular complexity index is 580. The van der Waals surface area contributed by atoms with Crippen LogP contribution in [0.25, 0.3) is 0 Å². The second-order valence-corrected chi connectivity index (χ2v) is 4.78. The molecule has 0 aliphatic rings. The maximum absolute atomic E-state index is 6.09. The number of nitrogens with one attached hydrogen (secondary N) is 2. The Balaban J connectivity index is 2.09. The molecule has 0 aliphatic carbocycles. The van der Waals surface area contributed by atoms with Crippen LogP contribution in [0.15, 0.2) is 30.5 Å². The van der Waals surface area contributed by atoms with Crippen LogP contribution in [0.5, 0.6) is 0 Å². The lowest BCUT2D eigenvalue weighted by molar-refractivity contribution is 0.210. The van der Waals surface area contributed by atoms with Crippen molar-refractivity contribution in [2.45, 2.75) is 0 Å². The topological polar surface area (TPSA) is 59.1 Å². The first-order chi connectivity index (χ1) is 9.69. The molecule has 5 nitrogen and oxygen atoms in total. The van der Waals surface area contributed by atoms with Crippen LogP contribution in [0.1, 0.15) is 0 Å². The largest absolute Gasteiger partial charge is 0.383 e. The standard InChI is InChI=1S/C13H14Cl2N4O/c1-20-7-6-17-13-16-5-4-12(19-13)18-11-8-9(14)2-3-10(11)15/h2-5,8H,6-7H2,1H3,(H2,16,17,18,19). The molecule has 2 N–H and O–H groups in total. The van der Waals surface area contributed by atoms with Gasteiger partial charge in [-0.05, 0) is 24.3 Å². The molecule has 2 rings (SSSR count). The van der Waals surface area contributed by atoms with E-state index in [-0.39, 0.29) is 0 Å². The van der Waals surface area contributed by atoms with Gasteiger partial charge in [0.2, 0.25) is 5.95 Å². The van der Waals surface area contributed by atoms with Gasteiger partial charge in [0.05, 0.1) is 17.3 Å². The molecule has 0 fully saturated rings. The lowest BCUT2D eigenvalue weighted by atomic mass is 10.3. The summed E-state index contributed by atoms with van der Waals surface area (Å²) in [7, 11) is 1.64. The van der Waals surface area contributed by atoms with Gasteiger partial charge >= 0.3 is 0 Å². The second kappa shape index (κ2) is 7.28. The number of anilines is 3. The Hall–Kier alpha value is -1.56. The quantitative estimate of drug-likeness (QED) is 0.798. The van der Waals surface area contributed by atoms with Crippen LogP contribution in [0.3, 0.4) is 0 Å². The summed E-state index contributed by atoms with van der Waals surface area (Å²) < 4.78 is 4.95. The number of rotatable bonds is 6. The normalized spacial score (nSPS) is 10.3. The first-order valence-corrected chi connectivity index (χ1v) is 6.72. The van der Waals surface area contributed by atoms with E-state index in [1.807, 2.05) is 0 Å². The Morgan fingerprint density at radius 3 is 2.90 bits per heavy atom. The Kier molecular flexibility index (Phi) is 5.40. The van der Waals surface area contributed by atoms with Gasteiger partial charge in [-0.25, -0.2) is 4.98 Å². The van der Waals surface area contributed by atoms with Gasteiger partial charge in [-0.15, -0.1) is 0 Å². The third kappa shape index (κ3) is 4.23. The van der Waals surface area contributed by atoms with Crippen molar-refractivity contribution in [3.05, 3.63) is 40.5 Å². The fraction of sp³-hybridized carbons (Fsp3) is 0.231. The summed E-state index contributed by atoms with van der Waals surface area (Å²) in [5, 5.41) is 7.33. The van der Waals surface area contributed by atoms with Crippen LogP contribution in [-0.4, -0.2) is 30.2 Å². The van der Waals surface area contributed by atoms with Crippen LogP contribution < -0.4 is 10.6 Å². The summed E-state index contributed by atoms with van der Waals surface area (Å²) in [5.74, 6) is 1.15. The minimum atomic E-state index is 0.519. The van der Waals surface area contributed by atoms with Crippen molar-refractivity contribution >= 4 is 40.7 Å². The van der Waals surface area contributed by atoms with Gasteiger partial charge < -0.3 is 15.4 Å². The van der Waals surface area contributed by atoms with Gasteiger partial charge in [0.1, 0.15) is 5.82 Å². The molecule has 0 atom stereocenters. The molecular weight excluding hydrogens is 299 g/mol. The van der Waals surface area contributed by atoms with Crippen LogP contribution in [0.2, 0.25) is 10.0 Å². The van der Waals surface area contributed by atoms with Crippen LogP contribution >= 0.6 is 23.2 Å². The highest BCUT2D eigenvalue weighted by atomic mass is 35.5. The van der Waals surface area contributed by atoms with E-state index >= 15 is 0 Å². The van der Waals surface area contributed by atoms with E-state index in [0.717, 1.165) is 0 Å². The summed E-state index contributed by atoms with van der Waals surface area (Å²) in [6.45, 7) is 1.22. The Morgan fingerprint density at radius 2 is 2.10 bits per heavy atom. The summed E-state index contributed by atoms with van der Waals surface area (Å²) >= 11 is 12.0. The molecule has 0 unspecified atom stereocenters. The highest BCUT2D eigenvalue weighted by Gasteiger charge is 2.04. The smallest absolute Gasteiger partial charge is 0.224 e. The molecule has 7 heteroatoms. The van der Waals surface area contributed by atoms with Crippen LogP contribution in [0.4, 0.5) is 17.5 Å². The van der Waals surface area contributed by atoms with Gasteiger partial charge in [0.25, 0.3) is 0 Å². The maximum atomic E-state index is 6.09. The molecule has 20 heavy (non-hydrogen) atoms. The number of halogens is 2. The summed E-state index contributed by atoms with van der Waals surface area (Å²) in [5.41, 5.74) is 0.695. The molecule has 106 valence electrons. The third-order valence-electron chi connectivity index (χ3n) is 2.44. The zero-order chi connectivity index (χ0) is 14.4. The number of aromatic nitrogens is 2. The van der Waals surface area contributed by atoms with E-state index in [0.29, 0.717) is 40.7 Å². The highest BCUT2D eigenvalue weighted by Crippen LogP contribution is 2.27. The third-order valence-corrected chi connectivity index (χ3v) is 3.00. The predicted molar refractivity (Wildman–Crippen MR) is 82.1 cm³/mol. The SMILES string of the molecule is COCCNc1nccc(Nc2cc(Cl)ccc2Cl)n1. The number of ether oxygens (including phenoxy) is 1. The molecular formula is C13H14Cl2N4O. The molecule has 1 heterocycles. The van der Waals surface area contributed by atoms with E-state index < -0.39 is 0 Å². The van der Waals surface area contributed by atoms with E-state index in [1.165, 1.54) is 0 Å². The lowest BCUT2D eigenvalue weighted by Crippen LogP contribution is -2.10. The Labute approximate surface area is 127 Å². The predicted octanol–water partition coefficient (Wildman–Crippen LogP) is 3.59. The minimum absolute atomic E-state index is 0.519. The monoisotopic (exact) mass is 312 g/mol. The van der Waals surface area contributed by atoms with E-state index in [4.69, 9.17) is 27.9 Å².